The molecule has 3 aromatic carbocycles. The summed E-state index contributed by atoms with van der Waals surface area (Å²) in [5.74, 6) is -0.768. The van der Waals surface area contributed by atoms with E-state index in [0.717, 1.165) is 22.4 Å². The van der Waals surface area contributed by atoms with Crippen LogP contribution in [0.3, 0.4) is 0 Å². The summed E-state index contributed by atoms with van der Waals surface area (Å²) in [5, 5.41) is 4.33. The van der Waals surface area contributed by atoms with Crippen molar-refractivity contribution in [3.05, 3.63) is 102 Å². The highest BCUT2D eigenvalue weighted by molar-refractivity contribution is 7.78. The van der Waals surface area contributed by atoms with Crippen LogP contribution in [0.25, 0.3) is 22.4 Å². The monoisotopic (exact) mass is 487 g/mol. The van der Waals surface area contributed by atoms with Gasteiger partial charge in [-0.15, -0.1) is 0 Å². The largest absolute Gasteiger partial charge is 0.772 e. The summed E-state index contributed by atoms with van der Waals surface area (Å²) in [6.45, 7) is -0.0136. The molecule has 0 radical (unpaired) electrons. The van der Waals surface area contributed by atoms with Crippen molar-refractivity contribution < 1.29 is 26.3 Å². The number of aromatic nitrogens is 2. The highest BCUT2D eigenvalue weighted by Gasteiger charge is 2.40. The van der Waals surface area contributed by atoms with Crippen molar-refractivity contribution in [2.75, 3.05) is 0 Å². The summed E-state index contributed by atoms with van der Waals surface area (Å²) in [6.07, 6.45) is -4.38. The fourth-order valence-electron chi connectivity index (χ4n) is 3.78. The van der Waals surface area contributed by atoms with Gasteiger partial charge in [0.1, 0.15) is 11.5 Å². The third-order valence-electron chi connectivity index (χ3n) is 5.32. The normalized spacial score (nSPS) is 12.6. The number of hydrogen-bond donors (Lipinski definition) is 0. The van der Waals surface area contributed by atoms with Gasteiger partial charge in [-0.25, -0.2) is 4.39 Å². The predicted molar refractivity (Wildman–Crippen MR) is 121 cm³/mol. The molecule has 1 unspecified atom stereocenters. The molecule has 1 atom stereocenters. The molecule has 0 aliphatic carbocycles. The average Bonchev–Trinajstić information content (AvgIpc) is 3.19. The Morgan fingerprint density at radius 2 is 1.47 bits per heavy atom. The van der Waals surface area contributed by atoms with Gasteiger partial charge in [0, 0.05) is 23.4 Å². The second-order valence-electron chi connectivity index (χ2n) is 7.68. The highest BCUT2D eigenvalue weighted by atomic mass is 32.2. The maximum absolute atomic E-state index is 14.3. The molecule has 4 rings (SSSR count). The Morgan fingerprint density at radius 3 is 2.06 bits per heavy atom. The van der Waals surface area contributed by atoms with E-state index in [1.165, 1.54) is 24.3 Å². The molecular weight excluding hydrogens is 468 g/mol. The SMILES string of the molecule is O=S([O-])Cc1ccc(-c2nn(CCc3ccccc3)c(C(F)(F)F)c2-c2ccc(F)cc2)cc1. The van der Waals surface area contributed by atoms with Gasteiger partial charge in [0.2, 0.25) is 0 Å². The predicted octanol–water partition coefficient (Wildman–Crippen LogP) is 6.00. The first kappa shape index (κ1) is 23.8. The van der Waals surface area contributed by atoms with Crippen molar-refractivity contribution in [1.29, 1.82) is 0 Å². The van der Waals surface area contributed by atoms with Gasteiger partial charge in [-0.2, -0.15) is 18.3 Å². The van der Waals surface area contributed by atoms with Gasteiger partial charge in [-0.3, -0.25) is 8.89 Å². The molecule has 0 N–H and O–H groups in total. The number of halogens is 4. The fourth-order valence-corrected chi connectivity index (χ4v) is 4.24. The van der Waals surface area contributed by atoms with Crippen molar-refractivity contribution >= 4 is 11.1 Å². The minimum Gasteiger partial charge on any atom is -0.772 e. The van der Waals surface area contributed by atoms with E-state index in [1.54, 1.807) is 12.1 Å². The van der Waals surface area contributed by atoms with Gasteiger partial charge in [0.15, 0.2) is 5.69 Å². The van der Waals surface area contributed by atoms with Crippen LogP contribution >= 0.6 is 0 Å². The quantitative estimate of drug-likeness (QED) is 0.237. The van der Waals surface area contributed by atoms with Crippen molar-refractivity contribution in [3.8, 4) is 22.4 Å². The van der Waals surface area contributed by atoms with Crippen molar-refractivity contribution in [2.24, 2.45) is 0 Å². The molecule has 4 aromatic rings. The Balaban J connectivity index is 1.85. The summed E-state index contributed by atoms with van der Waals surface area (Å²) in [4.78, 5) is 0. The van der Waals surface area contributed by atoms with Crippen LogP contribution in [0.5, 0.6) is 0 Å². The van der Waals surface area contributed by atoms with Crippen LogP contribution in [0, 0.1) is 5.82 Å². The summed E-state index contributed by atoms with van der Waals surface area (Å²) in [5.41, 5.74) is 0.950. The Labute approximate surface area is 196 Å². The van der Waals surface area contributed by atoms with Gasteiger partial charge in [-0.1, -0.05) is 77.8 Å². The smallest absolute Gasteiger partial charge is 0.433 e. The molecule has 0 aliphatic rings. The lowest BCUT2D eigenvalue weighted by Gasteiger charge is -2.13. The number of hydrogen-bond acceptors (Lipinski definition) is 3. The maximum atomic E-state index is 14.3. The summed E-state index contributed by atoms with van der Waals surface area (Å²) in [6, 6.07) is 20.1. The van der Waals surface area contributed by atoms with Gasteiger partial charge >= 0.3 is 6.18 Å². The molecule has 0 aliphatic heterocycles. The fraction of sp³-hybridized carbons (Fsp3) is 0.160. The van der Waals surface area contributed by atoms with Crippen LogP contribution in [0.1, 0.15) is 16.8 Å². The van der Waals surface area contributed by atoms with E-state index in [0.29, 0.717) is 17.5 Å². The first-order valence-electron chi connectivity index (χ1n) is 10.4. The zero-order chi connectivity index (χ0) is 24.3. The molecular formula is C25H19F4N2O2S-. The van der Waals surface area contributed by atoms with E-state index in [-0.39, 0.29) is 29.1 Å². The third-order valence-corrected chi connectivity index (χ3v) is 5.89. The van der Waals surface area contributed by atoms with Crippen molar-refractivity contribution in [1.82, 2.24) is 9.78 Å². The summed E-state index contributed by atoms with van der Waals surface area (Å²) >= 11 is -2.29. The number of nitrogens with zero attached hydrogens (tertiary/aromatic N) is 2. The van der Waals surface area contributed by atoms with E-state index in [9.17, 15) is 26.3 Å². The van der Waals surface area contributed by atoms with Crippen molar-refractivity contribution in [2.45, 2.75) is 24.9 Å². The van der Waals surface area contributed by atoms with Crippen LogP contribution < -0.4 is 0 Å². The average molecular weight is 487 g/mol. The van der Waals surface area contributed by atoms with Crippen molar-refractivity contribution in [3.63, 3.8) is 0 Å². The molecule has 1 heterocycles. The standard InChI is InChI=1S/C25H20F4N2O2S/c26-21-12-10-19(11-13-21)22-23(20-8-6-18(7-9-20)16-34(32)33)30-31(24(22)25(27,28)29)15-14-17-4-2-1-3-5-17/h1-13H,14-16H2,(H,32,33)/p-1. The van der Waals surface area contributed by atoms with Gasteiger partial charge < -0.3 is 4.55 Å². The molecule has 34 heavy (non-hydrogen) atoms. The van der Waals surface area contributed by atoms with E-state index in [2.05, 4.69) is 5.10 Å². The van der Waals surface area contributed by atoms with Gasteiger partial charge in [-0.05, 0) is 35.2 Å². The molecule has 0 saturated heterocycles. The first-order valence-corrected chi connectivity index (χ1v) is 11.6. The molecule has 0 fully saturated rings. The van der Waals surface area contributed by atoms with E-state index < -0.39 is 28.8 Å². The van der Waals surface area contributed by atoms with Crippen LogP contribution in [0.4, 0.5) is 17.6 Å². The topological polar surface area (TPSA) is 57.9 Å². The zero-order valence-electron chi connectivity index (χ0n) is 17.8. The van der Waals surface area contributed by atoms with Crippen LogP contribution in [-0.2, 0) is 36.0 Å². The Bertz CT molecular complexity index is 1290. The molecule has 1 aromatic heterocycles. The lowest BCUT2D eigenvalue weighted by molar-refractivity contribution is -0.143. The Morgan fingerprint density at radius 1 is 0.853 bits per heavy atom. The molecule has 0 amide bonds. The number of rotatable bonds is 7. The van der Waals surface area contributed by atoms with E-state index >= 15 is 0 Å². The minimum atomic E-state index is -4.72. The summed E-state index contributed by atoms with van der Waals surface area (Å²) in [7, 11) is 0. The number of aryl methyl sites for hydroxylation is 2. The molecule has 4 nitrogen and oxygen atoms in total. The minimum absolute atomic E-state index is 0.0136. The van der Waals surface area contributed by atoms with E-state index in [1.807, 2.05) is 30.3 Å². The molecule has 0 spiro atoms. The van der Waals surface area contributed by atoms with Crippen LogP contribution in [0.15, 0.2) is 78.9 Å². The van der Waals surface area contributed by atoms with Crippen LogP contribution in [-0.4, -0.2) is 18.5 Å². The molecule has 0 saturated carbocycles. The number of alkyl halides is 3. The molecule has 0 bridgehead atoms. The zero-order valence-corrected chi connectivity index (χ0v) is 18.6. The second kappa shape index (κ2) is 9.90. The lowest BCUT2D eigenvalue weighted by atomic mass is 9.98. The lowest BCUT2D eigenvalue weighted by Crippen LogP contribution is -2.16. The number of benzene rings is 3. The molecule has 9 heteroatoms. The Hall–Kier alpha value is -3.30. The first-order chi connectivity index (χ1) is 16.2. The molecule has 176 valence electrons. The third kappa shape index (κ3) is 5.43. The Kier molecular flexibility index (Phi) is 6.95. The highest BCUT2D eigenvalue weighted by Crippen LogP contribution is 2.43. The second-order valence-corrected chi connectivity index (χ2v) is 8.58. The maximum Gasteiger partial charge on any atom is 0.433 e. The summed E-state index contributed by atoms with van der Waals surface area (Å²) < 4.78 is 79.4. The van der Waals surface area contributed by atoms with Crippen LogP contribution in [0.2, 0.25) is 0 Å². The van der Waals surface area contributed by atoms with Gasteiger partial charge in [0.25, 0.3) is 0 Å². The van der Waals surface area contributed by atoms with E-state index in [4.69, 9.17) is 0 Å². The van der Waals surface area contributed by atoms with Gasteiger partial charge in [0.05, 0.1) is 0 Å².